The normalized spacial score (nSPS) is 37.4. The van der Waals surface area contributed by atoms with Crippen molar-refractivity contribution in [1.82, 2.24) is 4.90 Å². The molecule has 0 aromatic rings. The van der Waals surface area contributed by atoms with E-state index in [-0.39, 0.29) is 6.61 Å². The van der Waals surface area contributed by atoms with E-state index in [1.165, 1.54) is 12.8 Å². The zero-order chi connectivity index (χ0) is 20.0. The zero-order valence-corrected chi connectivity index (χ0v) is 17.4. The molecule has 6 heteroatoms. The standard InChI is InChI=1S/C21H41NO5/c1-15-10-16(12-21(2,3)11-15)27-9-7-5-4-6-8-22-13-18(24)20(26)19(25)17(22)14-23/h15-20,23-26H,4-14H2,1-3H3/t15?,16?,17-,18+,19-,20-/m1/s1. The maximum Gasteiger partial charge on any atom is 0.109 e. The first-order valence-electron chi connectivity index (χ1n) is 10.7. The van der Waals surface area contributed by atoms with Crippen LogP contribution in [-0.2, 0) is 4.74 Å². The van der Waals surface area contributed by atoms with Crippen molar-refractivity contribution in [1.29, 1.82) is 0 Å². The van der Waals surface area contributed by atoms with Crippen molar-refractivity contribution in [2.45, 2.75) is 96.2 Å². The molecular formula is C21H41NO5. The van der Waals surface area contributed by atoms with E-state index in [0.717, 1.165) is 44.6 Å². The second-order valence-corrected chi connectivity index (χ2v) is 9.61. The van der Waals surface area contributed by atoms with Gasteiger partial charge in [-0.05, 0) is 50.0 Å². The van der Waals surface area contributed by atoms with Crippen LogP contribution in [0.4, 0.5) is 0 Å². The fourth-order valence-electron chi connectivity index (χ4n) is 5.04. The van der Waals surface area contributed by atoms with Gasteiger partial charge in [0.1, 0.15) is 12.2 Å². The van der Waals surface area contributed by atoms with Gasteiger partial charge in [-0.15, -0.1) is 0 Å². The maximum atomic E-state index is 10.0. The summed E-state index contributed by atoms with van der Waals surface area (Å²) in [5, 5.41) is 39.1. The van der Waals surface area contributed by atoms with E-state index in [1.807, 2.05) is 4.90 Å². The first-order chi connectivity index (χ1) is 12.7. The Hall–Kier alpha value is -0.240. The fourth-order valence-corrected chi connectivity index (χ4v) is 5.04. The molecule has 2 fully saturated rings. The van der Waals surface area contributed by atoms with E-state index < -0.39 is 24.4 Å². The minimum absolute atomic E-state index is 0.213. The molecule has 160 valence electrons. The number of ether oxygens (including phenoxy) is 1. The van der Waals surface area contributed by atoms with Crippen LogP contribution in [0.25, 0.3) is 0 Å². The molecule has 0 radical (unpaired) electrons. The van der Waals surface area contributed by atoms with Crippen molar-refractivity contribution < 1.29 is 25.2 Å². The molecule has 1 aliphatic heterocycles. The van der Waals surface area contributed by atoms with E-state index in [1.54, 1.807) is 0 Å². The average molecular weight is 388 g/mol. The van der Waals surface area contributed by atoms with Crippen LogP contribution < -0.4 is 0 Å². The molecule has 0 aromatic heterocycles. The van der Waals surface area contributed by atoms with E-state index in [2.05, 4.69) is 20.8 Å². The predicted octanol–water partition coefficient (Wildman–Crippen LogP) is 1.54. The van der Waals surface area contributed by atoms with Crippen LogP contribution in [0.15, 0.2) is 0 Å². The number of hydrogen-bond acceptors (Lipinski definition) is 6. The molecule has 0 aromatic carbocycles. The monoisotopic (exact) mass is 387 g/mol. The summed E-state index contributed by atoms with van der Waals surface area (Å²) in [4.78, 5) is 1.89. The van der Waals surface area contributed by atoms with Crippen molar-refractivity contribution in [3.05, 3.63) is 0 Å². The van der Waals surface area contributed by atoms with Gasteiger partial charge in [-0.25, -0.2) is 0 Å². The lowest BCUT2D eigenvalue weighted by molar-refractivity contribution is -0.145. The lowest BCUT2D eigenvalue weighted by Gasteiger charge is -2.43. The number of β-amino-alcohol motifs (C(OH)–C–C–N with tert-alkyl or cyclic N) is 1. The van der Waals surface area contributed by atoms with Crippen LogP contribution in [0.5, 0.6) is 0 Å². The van der Waals surface area contributed by atoms with Gasteiger partial charge in [0.15, 0.2) is 0 Å². The molecule has 6 atom stereocenters. The van der Waals surface area contributed by atoms with Gasteiger partial charge in [0.2, 0.25) is 0 Å². The van der Waals surface area contributed by atoms with Gasteiger partial charge in [-0.3, -0.25) is 4.90 Å². The number of unbranched alkanes of at least 4 members (excludes halogenated alkanes) is 3. The second-order valence-electron chi connectivity index (χ2n) is 9.61. The third-order valence-corrected chi connectivity index (χ3v) is 6.26. The molecule has 0 bridgehead atoms. The molecule has 0 amide bonds. The highest BCUT2D eigenvalue weighted by molar-refractivity contribution is 4.94. The summed E-state index contributed by atoms with van der Waals surface area (Å²) in [5.41, 5.74) is 0.392. The Balaban J connectivity index is 1.58. The van der Waals surface area contributed by atoms with Crippen LogP contribution in [-0.4, -0.2) is 82.1 Å². The topological polar surface area (TPSA) is 93.4 Å². The molecule has 0 spiro atoms. The van der Waals surface area contributed by atoms with Crippen molar-refractivity contribution in [3.63, 3.8) is 0 Å². The quantitative estimate of drug-likeness (QED) is 0.449. The van der Waals surface area contributed by atoms with E-state index in [4.69, 9.17) is 4.74 Å². The molecule has 2 unspecified atom stereocenters. The number of aliphatic hydroxyl groups excluding tert-OH is 4. The fraction of sp³-hybridized carbons (Fsp3) is 1.00. The number of piperidine rings is 1. The van der Waals surface area contributed by atoms with Crippen molar-refractivity contribution in [2.24, 2.45) is 11.3 Å². The third-order valence-electron chi connectivity index (χ3n) is 6.26. The first-order valence-corrected chi connectivity index (χ1v) is 10.7. The zero-order valence-electron chi connectivity index (χ0n) is 17.4. The van der Waals surface area contributed by atoms with E-state index in [0.29, 0.717) is 24.6 Å². The number of likely N-dealkylation sites (tertiary alicyclic amines) is 1. The number of aliphatic hydroxyl groups is 4. The van der Waals surface area contributed by atoms with E-state index in [9.17, 15) is 20.4 Å². The highest BCUT2D eigenvalue weighted by Crippen LogP contribution is 2.39. The third kappa shape index (κ3) is 6.94. The summed E-state index contributed by atoms with van der Waals surface area (Å²) in [6.45, 7) is 8.61. The molecule has 2 aliphatic rings. The van der Waals surface area contributed by atoms with Crippen LogP contribution in [0.2, 0.25) is 0 Å². The SMILES string of the molecule is CC1CC(OCCCCCCN2C[C@H](O)[C@@H](O)[C@H](O)[C@H]2CO)CC(C)(C)C1. The average Bonchev–Trinajstić information content (AvgIpc) is 2.57. The largest absolute Gasteiger partial charge is 0.395 e. The van der Waals surface area contributed by atoms with E-state index >= 15 is 0 Å². The summed E-state index contributed by atoms with van der Waals surface area (Å²) in [6.07, 6.45) is 4.93. The second kappa shape index (κ2) is 10.5. The molecule has 1 heterocycles. The highest BCUT2D eigenvalue weighted by Gasteiger charge is 2.40. The molecule has 27 heavy (non-hydrogen) atoms. The van der Waals surface area contributed by atoms with Gasteiger partial charge in [-0.1, -0.05) is 33.6 Å². The van der Waals surface area contributed by atoms with Crippen molar-refractivity contribution in [3.8, 4) is 0 Å². The van der Waals surface area contributed by atoms with Gasteiger partial charge in [0, 0.05) is 13.2 Å². The van der Waals surface area contributed by atoms with Crippen molar-refractivity contribution >= 4 is 0 Å². The molecule has 1 saturated carbocycles. The Morgan fingerprint density at radius 2 is 1.70 bits per heavy atom. The van der Waals surface area contributed by atoms with Gasteiger partial charge in [-0.2, -0.15) is 0 Å². The first kappa shape index (κ1) is 23.0. The Labute approximate surface area is 164 Å². The Bertz CT molecular complexity index is 433. The number of hydrogen-bond donors (Lipinski definition) is 4. The van der Waals surface area contributed by atoms with Crippen LogP contribution in [0.3, 0.4) is 0 Å². The van der Waals surface area contributed by atoms with Gasteiger partial charge in [0.05, 0.1) is 24.9 Å². The maximum absolute atomic E-state index is 10.0. The highest BCUT2D eigenvalue weighted by atomic mass is 16.5. The summed E-state index contributed by atoms with van der Waals surface area (Å²) >= 11 is 0. The molecular weight excluding hydrogens is 346 g/mol. The summed E-state index contributed by atoms with van der Waals surface area (Å²) in [6, 6.07) is -0.497. The summed E-state index contributed by atoms with van der Waals surface area (Å²) in [5.74, 6) is 0.743. The van der Waals surface area contributed by atoms with Gasteiger partial charge in [0.25, 0.3) is 0 Å². The van der Waals surface area contributed by atoms with Crippen molar-refractivity contribution in [2.75, 3.05) is 26.3 Å². The molecule has 6 nitrogen and oxygen atoms in total. The van der Waals surface area contributed by atoms with Gasteiger partial charge >= 0.3 is 0 Å². The Kier molecular flexibility index (Phi) is 8.97. The minimum Gasteiger partial charge on any atom is -0.395 e. The van der Waals surface area contributed by atoms with Crippen LogP contribution in [0.1, 0.15) is 65.7 Å². The summed E-state index contributed by atoms with van der Waals surface area (Å²) < 4.78 is 6.12. The Morgan fingerprint density at radius 1 is 1.00 bits per heavy atom. The predicted molar refractivity (Wildman–Crippen MR) is 105 cm³/mol. The molecule has 1 saturated heterocycles. The van der Waals surface area contributed by atoms with Crippen LogP contribution in [0, 0.1) is 11.3 Å². The van der Waals surface area contributed by atoms with Gasteiger partial charge < -0.3 is 25.2 Å². The lowest BCUT2D eigenvalue weighted by atomic mass is 9.71. The minimum atomic E-state index is -1.18. The van der Waals surface area contributed by atoms with Crippen LogP contribution >= 0.6 is 0 Å². The number of rotatable bonds is 9. The lowest BCUT2D eigenvalue weighted by Crippen LogP contribution is -2.62. The summed E-state index contributed by atoms with van der Waals surface area (Å²) in [7, 11) is 0. The molecule has 4 N–H and O–H groups in total. The molecule has 1 aliphatic carbocycles. The Morgan fingerprint density at radius 3 is 2.37 bits per heavy atom. The molecule has 2 rings (SSSR count). The smallest absolute Gasteiger partial charge is 0.109 e. The number of nitrogens with zero attached hydrogens (tertiary/aromatic N) is 1.